The number of allylic oxidation sites excluding steroid dienone is 3. The van der Waals surface area contributed by atoms with Crippen LogP contribution in [0.15, 0.2) is 23.3 Å². The molecule has 3 atom stereocenters. The summed E-state index contributed by atoms with van der Waals surface area (Å²) in [6, 6.07) is 0. The molecule has 0 saturated heterocycles. The lowest BCUT2D eigenvalue weighted by molar-refractivity contribution is -0.149. The lowest BCUT2D eigenvalue weighted by Crippen LogP contribution is -2.32. The predicted molar refractivity (Wildman–Crippen MR) is 96.4 cm³/mol. The van der Waals surface area contributed by atoms with Crippen molar-refractivity contribution in [1.29, 1.82) is 0 Å². The van der Waals surface area contributed by atoms with Crippen LogP contribution in [0.4, 0.5) is 0 Å². The molecule has 0 aromatic rings. The monoisotopic (exact) mass is 356 g/mol. The number of hydrogen-bond acceptors (Lipinski definition) is 4. The Bertz CT molecular complexity index is 480. The topological polar surface area (TPSA) is 104 Å². The number of methoxy groups -OCH3 is 1. The van der Waals surface area contributed by atoms with E-state index in [1.54, 1.807) is 6.92 Å². The van der Waals surface area contributed by atoms with E-state index in [-0.39, 0.29) is 0 Å². The molecule has 0 fully saturated rings. The fourth-order valence-corrected chi connectivity index (χ4v) is 3.01. The minimum atomic E-state index is -1.03. The van der Waals surface area contributed by atoms with Crippen LogP contribution in [-0.4, -0.2) is 47.1 Å². The molecule has 0 aromatic carbocycles. The first-order valence-corrected chi connectivity index (χ1v) is 8.66. The molecule has 0 bridgehead atoms. The first kappa shape index (κ1) is 23.3. The van der Waals surface area contributed by atoms with Gasteiger partial charge in [-0.1, -0.05) is 37.8 Å². The van der Waals surface area contributed by atoms with Crippen molar-refractivity contribution in [2.24, 2.45) is 11.8 Å². The van der Waals surface area contributed by atoms with Crippen molar-refractivity contribution in [3.8, 4) is 0 Å². The Hall–Kier alpha value is -1.66. The van der Waals surface area contributed by atoms with Gasteiger partial charge in [-0.3, -0.25) is 4.79 Å². The van der Waals surface area contributed by atoms with E-state index in [1.165, 1.54) is 13.2 Å². The Morgan fingerprint density at radius 2 is 1.68 bits per heavy atom. The number of rotatable bonds is 13. The number of hydrogen-bond donors (Lipinski definition) is 3. The van der Waals surface area contributed by atoms with E-state index in [0.29, 0.717) is 12.3 Å². The third-order valence-corrected chi connectivity index (χ3v) is 4.20. The quantitative estimate of drug-likeness (QED) is 0.266. The maximum absolute atomic E-state index is 11.1. The molecule has 25 heavy (non-hydrogen) atoms. The van der Waals surface area contributed by atoms with Crippen LogP contribution in [-0.2, 0) is 14.3 Å². The molecule has 0 aromatic heterocycles. The number of aliphatic carboxylic acids is 2. The highest BCUT2D eigenvalue weighted by atomic mass is 16.5. The van der Waals surface area contributed by atoms with Crippen LogP contribution in [0.2, 0.25) is 0 Å². The van der Waals surface area contributed by atoms with Gasteiger partial charge in [0.2, 0.25) is 0 Å². The molecular weight excluding hydrogens is 324 g/mol. The minimum absolute atomic E-state index is 0.419. The van der Waals surface area contributed by atoms with E-state index in [2.05, 4.69) is 6.92 Å². The van der Waals surface area contributed by atoms with Gasteiger partial charge >= 0.3 is 11.9 Å². The van der Waals surface area contributed by atoms with E-state index in [0.717, 1.165) is 36.8 Å². The van der Waals surface area contributed by atoms with Gasteiger partial charge < -0.3 is 20.1 Å². The van der Waals surface area contributed by atoms with Crippen molar-refractivity contribution in [1.82, 2.24) is 0 Å². The highest BCUT2D eigenvalue weighted by molar-refractivity contribution is 5.81. The zero-order chi connectivity index (χ0) is 19.4. The molecular formula is C19H32O6. The summed E-state index contributed by atoms with van der Waals surface area (Å²) in [6.45, 7) is 5.50. The fourth-order valence-electron chi connectivity index (χ4n) is 3.01. The molecule has 0 radical (unpaired) electrons. The molecule has 144 valence electrons. The van der Waals surface area contributed by atoms with Crippen molar-refractivity contribution >= 4 is 11.9 Å². The van der Waals surface area contributed by atoms with Gasteiger partial charge in [-0.15, -0.1) is 0 Å². The second-order valence-electron chi connectivity index (χ2n) is 6.71. The van der Waals surface area contributed by atoms with Crippen LogP contribution < -0.4 is 0 Å². The Morgan fingerprint density at radius 1 is 1.08 bits per heavy atom. The third kappa shape index (κ3) is 10.7. The van der Waals surface area contributed by atoms with E-state index >= 15 is 0 Å². The lowest BCUT2D eigenvalue weighted by atomic mass is 9.93. The van der Waals surface area contributed by atoms with Crippen LogP contribution in [0.25, 0.3) is 0 Å². The first-order chi connectivity index (χ1) is 11.7. The van der Waals surface area contributed by atoms with Crippen LogP contribution in [0.5, 0.6) is 0 Å². The van der Waals surface area contributed by atoms with Crippen LogP contribution >= 0.6 is 0 Å². The van der Waals surface area contributed by atoms with E-state index in [4.69, 9.17) is 20.1 Å². The maximum atomic E-state index is 11.1. The molecule has 3 N–H and O–H groups in total. The normalized spacial score (nSPS) is 16.4. The Morgan fingerprint density at radius 3 is 2.16 bits per heavy atom. The summed E-state index contributed by atoms with van der Waals surface area (Å²) in [5.74, 6) is -2.39. The van der Waals surface area contributed by atoms with Gasteiger partial charge in [0.15, 0.2) is 0 Å². The summed E-state index contributed by atoms with van der Waals surface area (Å²) in [7, 11) is 1.47. The fraction of sp³-hybridized carbons (Fsp3) is 0.684. The number of carboxylic acid groups (broad SMARTS) is 2. The second kappa shape index (κ2) is 12.7. The predicted octanol–water partition coefficient (Wildman–Crippen LogP) is 3.26. The van der Waals surface area contributed by atoms with Gasteiger partial charge in [0, 0.05) is 13.2 Å². The zero-order valence-corrected chi connectivity index (χ0v) is 15.7. The Kier molecular flexibility index (Phi) is 11.8. The molecule has 0 spiro atoms. The minimum Gasteiger partial charge on any atom is -0.481 e. The molecule has 0 rings (SSSR count). The summed E-state index contributed by atoms with van der Waals surface area (Å²) < 4.78 is 5.21. The molecule has 0 heterocycles. The van der Waals surface area contributed by atoms with Crippen molar-refractivity contribution in [3.05, 3.63) is 23.3 Å². The van der Waals surface area contributed by atoms with Crippen molar-refractivity contribution in [2.45, 2.75) is 59.0 Å². The van der Waals surface area contributed by atoms with Crippen molar-refractivity contribution < 1.29 is 29.6 Å². The summed E-state index contributed by atoms with van der Waals surface area (Å²) in [5, 5.41) is 26.9. The van der Waals surface area contributed by atoms with E-state index in [1.807, 2.05) is 13.0 Å². The zero-order valence-electron chi connectivity index (χ0n) is 15.7. The molecule has 0 unspecified atom stereocenters. The maximum Gasteiger partial charge on any atom is 0.328 e. The van der Waals surface area contributed by atoms with E-state index < -0.39 is 30.6 Å². The molecule has 0 aliphatic heterocycles. The average Bonchev–Trinajstić information content (AvgIpc) is 2.48. The SMILES string of the molecule is CO[C@H](CCCC[C@@H](C)C/C(C)=C/C(C)=C/C(=O)O)[C@@H](CO)C(=O)O. The van der Waals surface area contributed by atoms with Gasteiger partial charge in [0.1, 0.15) is 5.92 Å². The highest BCUT2D eigenvalue weighted by Gasteiger charge is 2.26. The molecule has 6 nitrogen and oxygen atoms in total. The number of carbonyl (C=O) groups is 2. The summed E-state index contributed by atoms with van der Waals surface area (Å²) in [4.78, 5) is 21.7. The number of ether oxygens (including phenoxy) is 1. The standard InChI is InChI=1S/C19H32O6/c1-13(9-14(2)10-15(3)11-18(21)22)7-5-6-8-17(25-4)16(12-20)19(23)24/h10-11,13,16-17,20H,5-9,12H2,1-4H3,(H,21,22)(H,23,24)/b14-10+,15-11+/t13-,16-,17-/m1/s1. The lowest BCUT2D eigenvalue weighted by Gasteiger charge is -2.21. The smallest absolute Gasteiger partial charge is 0.328 e. The van der Waals surface area contributed by atoms with Crippen LogP contribution in [0.1, 0.15) is 52.9 Å². The van der Waals surface area contributed by atoms with Gasteiger partial charge in [-0.05, 0) is 38.2 Å². The van der Waals surface area contributed by atoms with Crippen LogP contribution in [0.3, 0.4) is 0 Å². The van der Waals surface area contributed by atoms with Crippen molar-refractivity contribution in [3.63, 3.8) is 0 Å². The molecule has 6 heteroatoms. The molecule has 0 aliphatic carbocycles. The highest BCUT2D eigenvalue weighted by Crippen LogP contribution is 2.21. The number of unbranched alkanes of at least 4 members (excludes halogenated alkanes) is 1. The van der Waals surface area contributed by atoms with Crippen LogP contribution in [0, 0.1) is 11.8 Å². The Balaban J connectivity index is 4.26. The summed E-state index contributed by atoms with van der Waals surface area (Å²) >= 11 is 0. The van der Waals surface area contributed by atoms with Gasteiger partial charge in [-0.2, -0.15) is 0 Å². The average molecular weight is 356 g/mol. The van der Waals surface area contributed by atoms with Gasteiger partial charge in [-0.25, -0.2) is 4.79 Å². The summed E-state index contributed by atoms with van der Waals surface area (Å²) in [6.07, 6.45) is 6.92. The third-order valence-electron chi connectivity index (χ3n) is 4.20. The Labute approximate surface area is 150 Å². The molecule has 0 aliphatic rings. The largest absolute Gasteiger partial charge is 0.481 e. The number of carboxylic acids is 2. The second-order valence-corrected chi connectivity index (χ2v) is 6.71. The van der Waals surface area contributed by atoms with Gasteiger partial charge in [0.05, 0.1) is 12.7 Å². The van der Waals surface area contributed by atoms with E-state index in [9.17, 15) is 9.59 Å². The summed E-state index contributed by atoms with van der Waals surface area (Å²) in [5.41, 5.74) is 1.87. The molecule has 0 saturated carbocycles. The number of aliphatic hydroxyl groups excluding tert-OH is 1. The first-order valence-electron chi connectivity index (χ1n) is 8.66. The van der Waals surface area contributed by atoms with Gasteiger partial charge in [0.25, 0.3) is 0 Å². The molecule has 0 amide bonds. The number of aliphatic hydroxyl groups is 1. The van der Waals surface area contributed by atoms with Crippen molar-refractivity contribution in [2.75, 3.05) is 13.7 Å².